The summed E-state index contributed by atoms with van der Waals surface area (Å²) in [5, 5.41) is 3.20. The molecule has 2 aromatic carbocycles. The number of amides is 1. The summed E-state index contributed by atoms with van der Waals surface area (Å²) >= 11 is 0. The Morgan fingerprint density at radius 3 is 2.11 bits per heavy atom. The van der Waals surface area contributed by atoms with Gasteiger partial charge in [-0.05, 0) is 31.2 Å². The fourth-order valence-electron chi connectivity index (χ4n) is 1.92. The minimum atomic E-state index is -0.271. The fourth-order valence-corrected chi connectivity index (χ4v) is 1.92. The van der Waals surface area contributed by atoms with E-state index in [4.69, 9.17) is 0 Å². The van der Waals surface area contributed by atoms with Gasteiger partial charge in [-0.1, -0.05) is 36.4 Å². The zero-order valence-corrected chi connectivity index (χ0v) is 11.2. The number of anilines is 2. The van der Waals surface area contributed by atoms with Crippen molar-refractivity contribution in [2.24, 2.45) is 0 Å². The van der Waals surface area contributed by atoms with Crippen molar-refractivity contribution in [3.8, 4) is 0 Å². The summed E-state index contributed by atoms with van der Waals surface area (Å²) < 4.78 is 0. The Labute approximate surface area is 113 Å². The molecule has 19 heavy (non-hydrogen) atoms. The molecule has 0 aliphatic heterocycles. The predicted molar refractivity (Wildman–Crippen MR) is 79.4 cm³/mol. The quantitative estimate of drug-likeness (QED) is 0.909. The smallest absolute Gasteiger partial charge is 0.248 e. The van der Waals surface area contributed by atoms with E-state index in [-0.39, 0.29) is 11.9 Å². The van der Waals surface area contributed by atoms with Gasteiger partial charge in [0.2, 0.25) is 5.91 Å². The SMILES string of the molecule is C[C@H](Nc1ccccc1)C(=O)N(C)c1ccccc1. The van der Waals surface area contributed by atoms with E-state index >= 15 is 0 Å². The molecular weight excluding hydrogens is 236 g/mol. The lowest BCUT2D eigenvalue weighted by Crippen LogP contribution is -2.39. The topological polar surface area (TPSA) is 32.3 Å². The summed E-state index contributed by atoms with van der Waals surface area (Å²) in [5.74, 6) is 0.0371. The molecule has 0 aromatic heterocycles. The van der Waals surface area contributed by atoms with Gasteiger partial charge in [0.15, 0.2) is 0 Å². The van der Waals surface area contributed by atoms with Crippen LogP contribution >= 0.6 is 0 Å². The minimum absolute atomic E-state index is 0.0371. The minimum Gasteiger partial charge on any atom is -0.374 e. The van der Waals surface area contributed by atoms with Crippen molar-refractivity contribution in [2.45, 2.75) is 13.0 Å². The molecule has 0 aliphatic rings. The molecule has 1 N–H and O–H groups in total. The predicted octanol–water partition coefficient (Wildman–Crippen LogP) is 3.15. The van der Waals surface area contributed by atoms with Crippen LogP contribution in [-0.4, -0.2) is 19.0 Å². The third kappa shape index (κ3) is 3.35. The molecule has 1 atom stereocenters. The first-order chi connectivity index (χ1) is 9.18. The van der Waals surface area contributed by atoms with Gasteiger partial charge in [0.05, 0.1) is 0 Å². The molecule has 2 aromatic rings. The molecule has 0 radical (unpaired) electrons. The van der Waals surface area contributed by atoms with Crippen molar-refractivity contribution in [1.29, 1.82) is 0 Å². The van der Waals surface area contributed by atoms with E-state index in [9.17, 15) is 4.79 Å². The van der Waals surface area contributed by atoms with Crippen molar-refractivity contribution >= 4 is 17.3 Å². The number of hydrogen-bond acceptors (Lipinski definition) is 2. The highest BCUT2D eigenvalue weighted by molar-refractivity contribution is 5.97. The molecule has 0 heterocycles. The molecule has 3 heteroatoms. The lowest BCUT2D eigenvalue weighted by atomic mass is 10.2. The van der Waals surface area contributed by atoms with Crippen LogP contribution in [0.1, 0.15) is 6.92 Å². The van der Waals surface area contributed by atoms with Gasteiger partial charge in [-0.3, -0.25) is 4.79 Å². The standard InChI is InChI=1S/C16H18N2O/c1-13(17-14-9-5-3-6-10-14)16(19)18(2)15-11-7-4-8-12-15/h3-13,17H,1-2H3/t13-/m0/s1. The second-order valence-electron chi connectivity index (χ2n) is 4.46. The van der Waals surface area contributed by atoms with Crippen LogP contribution in [0.2, 0.25) is 0 Å². The Balaban J connectivity index is 2.03. The maximum Gasteiger partial charge on any atom is 0.248 e. The van der Waals surface area contributed by atoms with Crippen LogP contribution in [0.3, 0.4) is 0 Å². The van der Waals surface area contributed by atoms with Crippen LogP contribution in [0, 0.1) is 0 Å². The molecule has 0 fully saturated rings. The molecule has 1 amide bonds. The number of benzene rings is 2. The van der Waals surface area contributed by atoms with Crippen molar-refractivity contribution in [3.05, 3.63) is 60.7 Å². The first-order valence-electron chi connectivity index (χ1n) is 6.32. The Morgan fingerprint density at radius 2 is 1.53 bits per heavy atom. The second kappa shape index (κ2) is 6.05. The lowest BCUT2D eigenvalue weighted by molar-refractivity contribution is -0.118. The van der Waals surface area contributed by atoms with E-state index in [0.717, 1.165) is 11.4 Å². The van der Waals surface area contributed by atoms with Crippen LogP contribution in [0.5, 0.6) is 0 Å². The monoisotopic (exact) mass is 254 g/mol. The molecule has 2 rings (SSSR count). The molecule has 0 unspecified atom stereocenters. The van der Waals surface area contributed by atoms with Gasteiger partial charge < -0.3 is 10.2 Å². The van der Waals surface area contributed by atoms with E-state index < -0.39 is 0 Å². The molecule has 0 bridgehead atoms. The highest BCUT2D eigenvalue weighted by Gasteiger charge is 2.18. The van der Waals surface area contributed by atoms with Crippen molar-refractivity contribution < 1.29 is 4.79 Å². The number of rotatable bonds is 4. The zero-order valence-electron chi connectivity index (χ0n) is 11.2. The van der Waals surface area contributed by atoms with Crippen LogP contribution in [0.25, 0.3) is 0 Å². The number of hydrogen-bond donors (Lipinski definition) is 1. The molecule has 0 saturated heterocycles. The number of para-hydroxylation sites is 2. The van der Waals surface area contributed by atoms with Gasteiger partial charge in [-0.2, -0.15) is 0 Å². The van der Waals surface area contributed by atoms with Crippen LogP contribution in [0.15, 0.2) is 60.7 Å². The van der Waals surface area contributed by atoms with E-state index in [1.165, 1.54) is 0 Å². The maximum atomic E-state index is 12.3. The summed E-state index contributed by atoms with van der Waals surface area (Å²) in [6, 6.07) is 19.1. The summed E-state index contributed by atoms with van der Waals surface area (Å²) in [7, 11) is 1.79. The largest absolute Gasteiger partial charge is 0.374 e. The second-order valence-corrected chi connectivity index (χ2v) is 4.46. The number of carbonyl (C=O) groups excluding carboxylic acids is 1. The van der Waals surface area contributed by atoms with Gasteiger partial charge in [0, 0.05) is 18.4 Å². The van der Waals surface area contributed by atoms with Crippen LogP contribution in [-0.2, 0) is 4.79 Å². The number of nitrogens with one attached hydrogen (secondary N) is 1. The maximum absolute atomic E-state index is 12.3. The number of likely N-dealkylation sites (N-methyl/N-ethyl adjacent to an activating group) is 1. The van der Waals surface area contributed by atoms with E-state index in [2.05, 4.69) is 5.32 Å². The third-order valence-electron chi connectivity index (χ3n) is 3.00. The fraction of sp³-hybridized carbons (Fsp3) is 0.188. The lowest BCUT2D eigenvalue weighted by Gasteiger charge is -2.22. The first-order valence-corrected chi connectivity index (χ1v) is 6.32. The van der Waals surface area contributed by atoms with E-state index in [0.29, 0.717) is 0 Å². The normalized spacial score (nSPS) is 11.7. The Morgan fingerprint density at radius 1 is 1.00 bits per heavy atom. The van der Waals surface area contributed by atoms with Crippen LogP contribution < -0.4 is 10.2 Å². The van der Waals surface area contributed by atoms with Crippen LogP contribution in [0.4, 0.5) is 11.4 Å². The molecule has 0 saturated carbocycles. The Kier molecular flexibility index (Phi) is 4.18. The van der Waals surface area contributed by atoms with Gasteiger partial charge >= 0.3 is 0 Å². The number of nitrogens with zero attached hydrogens (tertiary/aromatic N) is 1. The number of carbonyl (C=O) groups is 1. The van der Waals surface area contributed by atoms with Crippen molar-refractivity contribution in [3.63, 3.8) is 0 Å². The molecular formula is C16H18N2O. The van der Waals surface area contributed by atoms with E-state index in [1.54, 1.807) is 11.9 Å². The molecule has 98 valence electrons. The Bertz CT molecular complexity index is 525. The summed E-state index contributed by atoms with van der Waals surface area (Å²) in [6.07, 6.45) is 0. The molecule has 3 nitrogen and oxygen atoms in total. The summed E-state index contributed by atoms with van der Waals surface area (Å²) in [4.78, 5) is 14.0. The van der Waals surface area contributed by atoms with Gasteiger partial charge in [-0.15, -0.1) is 0 Å². The zero-order chi connectivity index (χ0) is 13.7. The highest BCUT2D eigenvalue weighted by atomic mass is 16.2. The third-order valence-corrected chi connectivity index (χ3v) is 3.00. The average molecular weight is 254 g/mol. The molecule has 0 spiro atoms. The average Bonchev–Trinajstić information content (AvgIpc) is 2.47. The van der Waals surface area contributed by atoms with E-state index in [1.807, 2.05) is 67.6 Å². The van der Waals surface area contributed by atoms with Crippen molar-refractivity contribution in [2.75, 3.05) is 17.3 Å². The van der Waals surface area contributed by atoms with Crippen molar-refractivity contribution in [1.82, 2.24) is 0 Å². The van der Waals surface area contributed by atoms with Gasteiger partial charge in [-0.25, -0.2) is 0 Å². The van der Waals surface area contributed by atoms with Gasteiger partial charge in [0.25, 0.3) is 0 Å². The first kappa shape index (κ1) is 13.1. The Hall–Kier alpha value is -2.29. The summed E-state index contributed by atoms with van der Waals surface area (Å²) in [6.45, 7) is 1.87. The van der Waals surface area contributed by atoms with Gasteiger partial charge in [0.1, 0.15) is 6.04 Å². The highest BCUT2D eigenvalue weighted by Crippen LogP contribution is 2.14. The summed E-state index contributed by atoms with van der Waals surface area (Å²) in [5.41, 5.74) is 1.85. The molecule has 0 aliphatic carbocycles.